The maximum absolute atomic E-state index is 12.7. The summed E-state index contributed by atoms with van der Waals surface area (Å²) in [6, 6.07) is 14.8. The molecule has 0 radical (unpaired) electrons. The van der Waals surface area contributed by atoms with E-state index in [0.717, 1.165) is 28.1 Å². The van der Waals surface area contributed by atoms with Gasteiger partial charge in [0.2, 0.25) is 5.91 Å². The summed E-state index contributed by atoms with van der Waals surface area (Å²) in [7, 11) is 0. The highest BCUT2D eigenvalue weighted by molar-refractivity contribution is 5.96. The number of carbonyl (C=O) groups is 2. The van der Waals surface area contributed by atoms with E-state index in [0.29, 0.717) is 22.9 Å². The van der Waals surface area contributed by atoms with Crippen molar-refractivity contribution in [3.63, 3.8) is 0 Å². The van der Waals surface area contributed by atoms with Crippen LogP contribution in [0.5, 0.6) is 0 Å². The van der Waals surface area contributed by atoms with Crippen molar-refractivity contribution in [3.05, 3.63) is 76.6 Å². The van der Waals surface area contributed by atoms with Crippen molar-refractivity contribution in [2.75, 3.05) is 5.32 Å². The summed E-state index contributed by atoms with van der Waals surface area (Å²) in [5.41, 5.74) is 5.69. The van der Waals surface area contributed by atoms with E-state index in [-0.39, 0.29) is 18.1 Å². The fourth-order valence-electron chi connectivity index (χ4n) is 3.52. The Balaban J connectivity index is 1.60. The Morgan fingerprint density at radius 3 is 2.42 bits per heavy atom. The van der Waals surface area contributed by atoms with Crippen LogP contribution in [0.1, 0.15) is 39.8 Å². The van der Waals surface area contributed by atoms with Crippen molar-refractivity contribution in [2.45, 2.75) is 34.1 Å². The van der Waals surface area contributed by atoms with Crippen LogP contribution in [0.15, 0.2) is 48.5 Å². The fraction of sp³-hybridized carbons (Fsp3) is 0.208. The first-order valence-electron chi connectivity index (χ1n) is 10.0. The zero-order chi connectivity index (χ0) is 22.1. The molecule has 1 amide bonds. The number of aryl methyl sites for hydroxylation is 3. The highest BCUT2D eigenvalue weighted by Gasteiger charge is 2.17. The van der Waals surface area contributed by atoms with Gasteiger partial charge in [-0.25, -0.2) is 9.50 Å². The third-order valence-electron chi connectivity index (χ3n) is 5.24. The normalized spacial score (nSPS) is 11.0. The molecule has 0 saturated heterocycles. The van der Waals surface area contributed by atoms with Crippen molar-refractivity contribution in [3.8, 4) is 11.4 Å². The molecule has 0 bridgehead atoms. The summed E-state index contributed by atoms with van der Waals surface area (Å²) in [4.78, 5) is 33.2. The Morgan fingerprint density at radius 1 is 1.00 bits per heavy atom. The van der Waals surface area contributed by atoms with Crippen LogP contribution in [0.3, 0.4) is 0 Å². The molecule has 0 fully saturated rings. The van der Waals surface area contributed by atoms with Crippen LogP contribution in [0, 0.1) is 20.8 Å². The molecule has 0 aliphatic heterocycles. The third-order valence-corrected chi connectivity index (χ3v) is 5.24. The van der Waals surface area contributed by atoms with Gasteiger partial charge >= 0.3 is 0 Å². The fourth-order valence-corrected chi connectivity index (χ4v) is 3.52. The van der Waals surface area contributed by atoms with E-state index < -0.39 is 0 Å². The molecule has 2 aromatic heterocycles. The molecule has 0 aliphatic carbocycles. The van der Waals surface area contributed by atoms with Crippen LogP contribution in [0.25, 0.3) is 17.2 Å². The molecule has 0 aliphatic rings. The summed E-state index contributed by atoms with van der Waals surface area (Å²) in [5, 5.41) is 7.50. The van der Waals surface area contributed by atoms with Gasteiger partial charge in [-0.1, -0.05) is 23.8 Å². The molecule has 4 rings (SSSR count). The minimum Gasteiger partial charge on any atom is -0.326 e. The van der Waals surface area contributed by atoms with Crippen molar-refractivity contribution >= 4 is 23.2 Å². The van der Waals surface area contributed by atoms with Gasteiger partial charge in [0.05, 0.1) is 6.42 Å². The lowest BCUT2D eigenvalue weighted by Crippen LogP contribution is -2.17. The average Bonchev–Trinajstić information content (AvgIpc) is 3.16. The minimum atomic E-state index is -0.165. The quantitative estimate of drug-likeness (QED) is 0.498. The van der Waals surface area contributed by atoms with Gasteiger partial charge < -0.3 is 5.32 Å². The molecule has 0 saturated carbocycles. The van der Waals surface area contributed by atoms with Crippen LogP contribution in [-0.4, -0.2) is 31.3 Å². The van der Waals surface area contributed by atoms with Crippen molar-refractivity contribution < 1.29 is 9.59 Å². The molecule has 1 N–H and O–H groups in total. The van der Waals surface area contributed by atoms with Crippen molar-refractivity contribution in [1.82, 2.24) is 19.6 Å². The molecule has 2 aromatic carbocycles. The molecule has 7 heteroatoms. The number of benzene rings is 2. The highest BCUT2D eigenvalue weighted by atomic mass is 16.1. The maximum Gasteiger partial charge on any atom is 0.253 e. The SMILES string of the molecule is CC(=O)c1ccc(NC(=O)Cc2c(C)nc3nc(-c4cccc(C)c4)nn3c2C)cc1. The lowest BCUT2D eigenvalue weighted by Gasteiger charge is -2.11. The lowest BCUT2D eigenvalue weighted by atomic mass is 10.1. The molecular formula is C24H23N5O2. The standard InChI is InChI=1S/C24H23N5O2/c1-14-6-5-7-19(12-14)23-27-24-25-15(2)21(16(3)29(24)28-23)13-22(31)26-20-10-8-18(9-11-20)17(4)30/h5-12H,13H2,1-4H3,(H,26,31). The second-order valence-corrected chi connectivity index (χ2v) is 7.64. The van der Waals surface area contributed by atoms with Crippen LogP contribution >= 0.6 is 0 Å². The zero-order valence-corrected chi connectivity index (χ0v) is 17.9. The highest BCUT2D eigenvalue weighted by Crippen LogP contribution is 2.21. The Bertz CT molecular complexity index is 1310. The minimum absolute atomic E-state index is 0.0126. The number of ketones is 1. The maximum atomic E-state index is 12.7. The number of hydrogen-bond acceptors (Lipinski definition) is 5. The number of carbonyl (C=O) groups excluding carboxylic acids is 2. The van der Waals surface area contributed by atoms with Crippen LogP contribution < -0.4 is 5.32 Å². The number of aromatic nitrogens is 4. The zero-order valence-electron chi connectivity index (χ0n) is 17.9. The molecule has 156 valence electrons. The number of anilines is 1. The van der Waals surface area contributed by atoms with Crippen LogP contribution in [0.4, 0.5) is 5.69 Å². The van der Waals surface area contributed by atoms with Crippen molar-refractivity contribution in [2.24, 2.45) is 0 Å². The van der Waals surface area contributed by atoms with E-state index in [2.05, 4.69) is 20.4 Å². The number of hydrogen-bond donors (Lipinski definition) is 1. The molecule has 0 unspecified atom stereocenters. The molecule has 2 heterocycles. The number of amides is 1. The lowest BCUT2D eigenvalue weighted by molar-refractivity contribution is -0.115. The van der Waals surface area contributed by atoms with E-state index in [1.807, 2.05) is 45.0 Å². The first-order valence-corrected chi connectivity index (χ1v) is 10.0. The molecule has 4 aromatic rings. The third kappa shape index (κ3) is 4.21. The Labute approximate surface area is 180 Å². The Kier molecular flexibility index (Phi) is 5.33. The molecule has 7 nitrogen and oxygen atoms in total. The monoisotopic (exact) mass is 413 g/mol. The van der Waals surface area contributed by atoms with Gasteiger partial charge in [-0.15, -0.1) is 5.10 Å². The number of Topliss-reactive ketones (excluding diaryl/α,β-unsaturated/α-hetero) is 1. The smallest absolute Gasteiger partial charge is 0.253 e. The van der Waals surface area contributed by atoms with Crippen molar-refractivity contribution in [1.29, 1.82) is 0 Å². The summed E-state index contributed by atoms with van der Waals surface area (Å²) in [5.74, 6) is 0.935. The second-order valence-electron chi connectivity index (χ2n) is 7.64. The molecule has 0 spiro atoms. The van der Waals surface area contributed by atoms with Crippen LogP contribution in [-0.2, 0) is 11.2 Å². The molecular weight excluding hydrogens is 390 g/mol. The summed E-state index contributed by atoms with van der Waals surface area (Å²) in [6.45, 7) is 7.33. The van der Waals surface area contributed by atoms with Gasteiger partial charge in [0.25, 0.3) is 5.78 Å². The van der Waals surface area contributed by atoms with Gasteiger partial charge in [0, 0.05) is 33.8 Å². The Hall–Kier alpha value is -3.87. The molecule has 0 atom stereocenters. The number of nitrogens with zero attached hydrogens (tertiary/aromatic N) is 4. The average molecular weight is 413 g/mol. The Morgan fingerprint density at radius 2 is 1.74 bits per heavy atom. The van der Waals surface area contributed by atoms with E-state index in [1.54, 1.807) is 28.8 Å². The summed E-state index contributed by atoms with van der Waals surface area (Å²) in [6.07, 6.45) is 0.161. The van der Waals surface area contributed by atoms with Gasteiger partial charge in [-0.3, -0.25) is 9.59 Å². The second kappa shape index (κ2) is 8.10. The van der Waals surface area contributed by atoms with Gasteiger partial charge in [0.1, 0.15) is 0 Å². The van der Waals surface area contributed by atoms with E-state index >= 15 is 0 Å². The van der Waals surface area contributed by atoms with Gasteiger partial charge in [-0.2, -0.15) is 4.98 Å². The number of fused-ring (bicyclic) bond motifs is 1. The largest absolute Gasteiger partial charge is 0.326 e. The summed E-state index contributed by atoms with van der Waals surface area (Å²) < 4.78 is 1.69. The topological polar surface area (TPSA) is 89.2 Å². The number of nitrogens with one attached hydrogen (secondary N) is 1. The predicted molar refractivity (Wildman–Crippen MR) is 119 cm³/mol. The van der Waals surface area contributed by atoms with Gasteiger partial charge in [0.15, 0.2) is 11.6 Å². The van der Waals surface area contributed by atoms with Crippen LogP contribution in [0.2, 0.25) is 0 Å². The first kappa shape index (κ1) is 20.4. The van der Waals surface area contributed by atoms with Gasteiger partial charge in [-0.05, 0) is 58.0 Å². The van der Waals surface area contributed by atoms with E-state index in [1.165, 1.54) is 6.92 Å². The molecule has 31 heavy (non-hydrogen) atoms. The van der Waals surface area contributed by atoms with E-state index in [4.69, 9.17) is 0 Å². The first-order chi connectivity index (χ1) is 14.8. The number of rotatable bonds is 5. The predicted octanol–water partition coefficient (Wildman–Crippen LogP) is 4.10. The summed E-state index contributed by atoms with van der Waals surface area (Å²) >= 11 is 0. The van der Waals surface area contributed by atoms with E-state index in [9.17, 15) is 9.59 Å².